The summed E-state index contributed by atoms with van der Waals surface area (Å²) in [5.41, 5.74) is 0.751. The van der Waals surface area contributed by atoms with Crippen molar-refractivity contribution in [3.8, 4) is 0 Å². The van der Waals surface area contributed by atoms with Crippen molar-refractivity contribution in [1.82, 2.24) is 0 Å². The zero-order chi connectivity index (χ0) is 9.52. The molecule has 0 saturated heterocycles. The van der Waals surface area contributed by atoms with Crippen LogP contribution < -0.4 is 0 Å². The zero-order valence-corrected chi connectivity index (χ0v) is 6.90. The number of nitrogens with zero attached hydrogens (tertiary/aromatic N) is 1. The lowest BCUT2D eigenvalue weighted by Gasteiger charge is -1.91. The number of hydrogen-bond acceptors (Lipinski definition) is 2. The van der Waals surface area contributed by atoms with E-state index in [1.165, 1.54) is 18.2 Å². The molecule has 2 nitrogen and oxygen atoms in total. The smallest absolute Gasteiger partial charge is 0.211 e. The van der Waals surface area contributed by atoms with E-state index in [0.29, 0.717) is 0 Å². The van der Waals surface area contributed by atoms with Crippen molar-refractivity contribution in [3.63, 3.8) is 0 Å². The van der Waals surface area contributed by atoms with Gasteiger partial charge >= 0.3 is 0 Å². The van der Waals surface area contributed by atoms with E-state index in [9.17, 15) is 9.18 Å². The molecule has 66 valence electrons. The van der Waals surface area contributed by atoms with E-state index in [0.717, 1.165) is 5.56 Å². The van der Waals surface area contributed by atoms with Gasteiger partial charge in [-0.3, -0.25) is 0 Å². The SMILES string of the molecule is O=C=NC/C=C\c1cccc(F)c1. The van der Waals surface area contributed by atoms with Gasteiger partial charge in [-0.05, 0) is 17.7 Å². The summed E-state index contributed by atoms with van der Waals surface area (Å²) in [6, 6.07) is 6.17. The third-order valence-electron chi connectivity index (χ3n) is 1.42. The highest BCUT2D eigenvalue weighted by Gasteiger charge is 1.88. The second kappa shape index (κ2) is 5.01. The molecule has 0 aliphatic carbocycles. The summed E-state index contributed by atoms with van der Waals surface area (Å²) in [5, 5.41) is 0. The minimum atomic E-state index is -0.277. The first kappa shape index (κ1) is 9.36. The molecule has 0 fully saturated rings. The number of rotatable bonds is 3. The second-order valence-corrected chi connectivity index (χ2v) is 2.39. The van der Waals surface area contributed by atoms with E-state index in [-0.39, 0.29) is 12.4 Å². The molecular weight excluding hydrogens is 169 g/mol. The van der Waals surface area contributed by atoms with Crippen molar-refractivity contribution in [2.24, 2.45) is 4.99 Å². The molecule has 0 amide bonds. The van der Waals surface area contributed by atoms with Crippen LogP contribution in [-0.4, -0.2) is 12.6 Å². The summed E-state index contributed by atoms with van der Waals surface area (Å²) in [6.45, 7) is 0.278. The van der Waals surface area contributed by atoms with Crippen LogP contribution in [0.25, 0.3) is 6.08 Å². The van der Waals surface area contributed by atoms with Crippen LogP contribution in [0.5, 0.6) is 0 Å². The van der Waals surface area contributed by atoms with Gasteiger partial charge in [-0.25, -0.2) is 14.2 Å². The summed E-state index contributed by atoms with van der Waals surface area (Å²) in [7, 11) is 0. The minimum absolute atomic E-state index is 0.277. The van der Waals surface area contributed by atoms with Crippen LogP contribution in [0, 0.1) is 5.82 Å². The number of halogens is 1. The van der Waals surface area contributed by atoms with Crippen molar-refractivity contribution < 1.29 is 9.18 Å². The molecule has 1 aromatic rings. The van der Waals surface area contributed by atoms with Crippen LogP contribution in [0.4, 0.5) is 4.39 Å². The molecule has 0 aliphatic rings. The summed E-state index contributed by atoms with van der Waals surface area (Å²) < 4.78 is 12.6. The molecule has 0 radical (unpaired) electrons. The predicted octanol–water partition coefficient (Wildman–Crippen LogP) is 2.17. The summed E-state index contributed by atoms with van der Waals surface area (Å²) in [5.74, 6) is -0.277. The first-order valence-corrected chi connectivity index (χ1v) is 3.78. The van der Waals surface area contributed by atoms with Gasteiger partial charge in [-0.2, -0.15) is 0 Å². The number of benzene rings is 1. The van der Waals surface area contributed by atoms with Gasteiger partial charge in [0.1, 0.15) is 5.82 Å². The van der Waals surface area contributed by atoms with Crippen LogP contribution in [0.15, 0.2) is 35.3 Å². The van der Waals surface area contributed by atoms with Crippen LogP contribution in [-0.2, 0) is 4.79 Å². The Morgan fingerprint density at radius 1 is 1.54 bits per heavy atom. The Bertz CT molecular complexity index is 354. The molecule has 0 atom stereocenters. The first-order valence-electron chi connectivity index (χ1n) is 3.78. The van der Waals surface area contributed by atoms with Gasteiger partial charge in [0.15, 0.2) is 0 Å². The number of isocyanates is 1. The van der Waals surface area contributed by atoms with Crippen molar-refractivity contribution in [3.05, 3.63) is 41.7 Å². The average molecular weight is 177 g/mol. The quantitative estimate of drug-likeness (QED) is 0.514. The van der Waals surface area contributed by atoms with Gasteiger partial charge in [0, 0.05) is 0 Å². The molecule has 0 heterocycles. The molecule has 1 rings (SSSR count). The summed E-state index contributed by atoms with van der Waals surface area (Å²) in [6.07, 6.45) is 4.78. The van der Waals surface area contributed by atoms with Gasteiger partial charge in [0.2, 0.25) is 6.08 Å². The Morgan fingerprint density at radius 3 is 3.08 bits per heavy atom. The zero-order valence-electron chi connectivity index (χ0n) is 6.90. The van der Waals surface area contributed by atoms with Gasteiger partial charge < -0.3 is 0 Å². The fourth-order valence-electron chi connectivity index (χ4n) is 0.889. The lowest BCUT2D eigenvalue weighted by molar-refractivity contribution is 0.564. The first-order chi connectivity index (χ1) is 6.33. The highest BCUT2D eigenvalue weighted by molar-refractivity contribution is 5.49. The molecule has 0 saturated carbocycles. The van der Waals surface area contributed by atoms with Crippen molar-refractivity contribution in [1.29, 1.82) is 0 Å². The topological polar surface area (TPSA) is 29.4 Å². The van der Waals surface area contributed by atoms with Crippen molar-refractivity contribution in [2.75, 3.05) is 6.54 Å². The van der Waals surface area contributed by atoms with Crippen LogP contribution >= 0.6 is 0 Å². The minimum Gasteiger partial charge on any atom is -0.211 e. The highest BCUT2D eigenvalue weighted by Crippen LogP contribution is 2.04. The number of hydrogen-bond donors (Lipinski definition) is 0. The van der Waals surface area contributed by atoms with E-state index >= 15 is 0 Å². The molecule has 1 aromatic carbocycles. The Kier molecular flexibility index (Phi) is 3.61. The monoisotopic (exact) mass is 177 g/mol. The van der Waals surface area contributed by atoms with Crippen LogP contribution in [0.2, 0.25) is 0 Å². The molecule has 0 aromatic heterocycles. The Balaban J connectivity index is 2.63. The predicted molar refractivity (Wildman–Crippen MR) is 48.4 cm³/mol. The molecule has 0 spiro atoms. The van der Waals surface area contributed by atoms with Crippen molar-refractivity contribution in [2.45, 2.75) is 0 Å². The van der Waals surface area contributed by atoms with E-state index in [1.54, 1.807) is 24.3 Å². The van der Waals surface area contributed by atoms with E-state index in [1.807, 2.05) is 0 Å². The fourth-order valence-corrected chi connectivity index (χ4v) is 0.889. The van der Waals surface area contributed by atoms with Gasteiger partial charge in [-0.15, -0.1) is 0 Å². The van der Waals surface area contributed by atoms with Crippen molar-refractivity contribution >= 4 is 12.2 Å². The van der Waals surface area contributed by atoms with Crippen LogP contribution in [0.1, 0.15) is 5.56 Å². The van der Waals surface area contributed by atoms with E-state index in [4.69, 9.17) is 0 Å². The third-order valence-corrected chi connectivity index (χ3v) is 1.42. The van der Waals surface area contributed by atoms with E-state index < -0.39 is 0 Å². The maximum atomic E-state index is 12.6. The van der Waals surface area contributed by atoms with E-state index in [2.05, 4.69) is 4.99 Å². The molecular formula is C10H8FNO. The maximum Gasteiger partial charge on any atom is 0.235 e. The molecule has 0 unspecified atom stereocenters. The standard InChI is InChI=1S/C10H8FNO/c11-10-5-1-3-9(7-10)4-2-6-12-8-13/h1-5,7H,6H2/b4-2-. The van der Waals surface area contributed by atoms with Gasteiger partial charge in [0.05, 0.1) is 6.54 Å². The molecule has 0 bridgehead atoms. The molecule has 13 heavy (non-hydrogen) atoms. The Hall–Kier alpha value is -1.73. The molecule has 0 aliphatic heterocycles. The molecule has 3 heteroatoms. The average Bonchev–Trinajstić information content (AvgIpc) is 2.13. The molecule has 0 N–H and O–H groups in total. The Labute approximate surface area is 75.4 Å². The number of aliphatic imine (C=N–C) groups is 1. The highest BCUT2D eigenvalue weighted by atomic mass is 19.1. The van der Waals surface area contributed by atoms with Gasteiger partial charge in [-0.1, -0.05) is 24.3 Å². The van der Waals surface area contributed by atoms with Crippen LogP contribution in [0.3, 0.4) is 0 Å². The second-order valence-electron chi connectivity index (χ2n) is 2.39. The largest absolute Gasteiger partial charge is 0.235 e. The fraction of sp³-hybridized carbons (Fsp3) is 0.100. The lowest BCUT2D eigenvalue weighted by Crippen LogP contribution is -1.76. The summed E-state index contributed by atoms with van der Waals surface area (Å²) in [4.78, 5) is 13.0. The number of carbonyl (C=O) groups excluding carboxylic acids is 1. The normalized spacial score (nSPS) is 9.92. The summed E-state index contributed by atoms with van der Waals surface area (Å²) >= 11 is 0. The lowest BCUT2D eigenvalue weighted by atomic mass is 10.2. The van der Waals surface area contributed by atoms with Gasteiger partial charge in [0.25, 0.3) is 0 Å². The third kappa shape index (κ3) is 3.45. The Morgan fingerprint density at radius 2 is 2.38 bits per heavy atom. The maximum absolute atomic E-state index is 12.6.